The average Bonchev–Trinajstić information content (AvgIpc) is 2.79. The van der Waals surface area contributed by atoms with Crippen LogP contribution in [0.4, 0.5) is 0 Å². The van der Waals surface area contributed by atoms with Crippen LogP contribution in [-0.4, -0.2) is 25.7 Å². The summed E-state index contributed by atoms with van der Waals surface area (Å²) in [5, 5.41) is 3.35. The van der Waals surface area contributed by atoms with Crippen molar-refractivity contribution >= 4 is 5.97 Å². The molecule has 2 aliphatic rings. The van der Waals surface area contributed by atoms with Gasteiger partial charge in [-0.3, -0.25) is 4.79 Å². The first kappa shape index (κ1) is 12.9. The predicted octanol–water partition coefficient (Wildman–Crippen LogP) is 2.36. The maximum absolute atomic E-state index is 11.8. The quantitative estimate of drug-likeness (QED) is 0.765. The Kier molecular flexibility index (Phi) is 4.84. The van der Waals surface area contributed by atoms with Gasteiger partial charge in [-0.15, -0.1) is 0 Å². The molecule has 1 N–H and O–H groups in total. The second kappa shape index (κ2) is 6.39. The van der Waals surface area contributed by atoms with Gasteiger partial charge in [0.1, 0.15) is 0 Å². The van der Waals surface area contributed by atoms with Gasteiger partial charge >= 0.3 is 5.97 Å². The molecule has 1 aliphatic heterocycles. The first-order valence-electron chi connectivity index (χ1n) is 7.18. The van der Waals surface area contributed by atoms with E-state index < -0.39 is 0 Å². The summed E-state index contributed by atoms with van der Waals surface area (Å²) in [4.78, 5) is 11.8. The third kappa shape index (κ3) is 3.44. The summed E-state index contributed by atoms with van der Waals surface area (Å²) >= 11 is 0. The minimum atomic E-state index is 0.0123. The Hall–Kier alpha value is -0.570. The summed E-state index contributed by atoms with van der Waals surface area (Å²) in [7, 11) is 0. The van der Waals surface area contributed by atoms with Crippen LogP contribution in [0.1, 0.15) is 45.4 Å². The van der Waals surface area contributed by atoms with Crippen molar-refractivity contribution in [2.45, 2.75) is 45.4 Å². The normalized spacial score (nSPS) is 30.4. The van der Waals surface area contributed by atoms with E-state index in [0.29, 0.717) is 12.5 Å². The van der Waals surface area contributed by atoms with Crippen molar-refractivity contribution in [1.82, 2.24) is 5.32 Å². The van der Waals surface area contributed by atoms with Crippen LogP contribution in [0.15, 0.2) is 0 Å². The van der Waals surface area contributed by atoms with Crippen LogP contribution in [0.25, 0.3) is 0 Å². The van der Waals surface area contributed by atoms with Gasteiger partial charge in [0.2, 0.25) is 0 Å². The van der Waals surface area contributed by atoms with Crippen LogP contribution >= 0.6 is 0 Å². The number of carbonyl (C=O) groups excluding carboxylic acids is 1. The smallest absolute Gasteiger partial charge is 0.310 e. The van der Waals surface area contributed by atoms with Gasteiger partial charge in [0.05, 0.1) is 12.5 Å². The van der Waals surface area contributed by atoms with E-state index in [4.69, 9.17) is 4.74 Å². The molecule has 0 bridgehead atoms. The first-order valence-corrected chi connectivity index (χ1v) is 7.18. The number of carbonyl (C=O) groups is 1. The highest BCUT2D eigenvalue weighted by molar-refractivity contribution is 5.73. The highest BCUT2D eigenvalue weighted by Crippen LogP contribution is 2.33. The highest BCUT2D eigenvalue weighted by Gasteiger charge is 2.35. The molecular formula is C14H25NO2. The van der Waals surface area contributed by atoms with Gasteiger partial charge in [0, 0.05) is 6.54 Å². The fraction of sp³-hybridized carbons (Fsp3) is 0.929. The molecule has 98 valence electrons. The first-order chi connectivity index (χ1) is 8.31. The van der Waals surface area contributed by atoms with Crippen molar-refractivity contribution in [1.29, 1.82) is 0 Å². The molecule has 2 atom stereocenters. The Morgan fingerprint density at radius 2 is 2.00 bits per heavy atom. The second-order valence-electron chi connectivity index (χ2n) is 5.52. The predicted molar refractivity (Wildman–Crippen MR) is 67.7 cm³/mol. The lowest BCUT2D eigenvalue weighted by atomic mass is 9.79. The lowest BCUT2D eigenvalue weighted by Gasteiger charge is -2.26. The van der Waals surface area contributed by atoms with Gasteiger partial charge < -0.3 is 10.1 Å². The van der Waals surface area contributed by atoms with Crippen molar-refractivity contribution in [3.63, 3.8) is 0 Å². The van der Waals surface area contributed by atoms with E-state index in [1.165, 1.54) is 38.5 Å². The average molecular weight is 239 g/mol. The molecule has 1 saturated carbocycles. The Balaban J connectivity index is 1.83. The monoisotopic (exact) mass is 239 g/mol. The Morgan fingerprint density at radius 1 is 1.24 bits per heavy atom. The van der Waals surface area contributed by atoms with Crippen molar-refractivity contribution < 1.29 is 9.53 Å². The number of hydrogen-bond donors (Lipinski definition) is 1. The molecule has 3 nitrogen and oxygen atoms in total. The zero-order valence-electron chi connectivity index (χ0n) is 10.9. The van der Waals surface area contributed by atoms with Crippen molar-refractivity contribution in [2.24, 2.45) is 17.8 Å². The van der Waals surface area contributed by atoms with Crippen LogP contribution in [0, 0.1) is 17.8 Å². The topological polar surface area (TPSA) is 38.3 Å². The largest absolute Gasteiger partial charge is 0.466 e. The minimum absolute atomic E-state index is 0.0123. The highest BCUT2D eigenvalue weighted by atomic mass is 16.5. The zero-order chi connectivity index (χ0) is 12.1. The minimum Gasteiger partial charge on any atom is -0.466 e. The Labute approximate surface area is 104 Å². The Morgan fingerprint density at radius 3 is 2.71 bits per heavy atom. The van der Waals surface area contributed by atoms with Crippen LogP contribution in [0.3, 0.4) is 0 Å². The van der Waals surface area contributed by atoms with Crippen LogP contribution in [0.5, 0.6) is 0 Å². The zero-order valence-corrected chi connectivity index (χ0v) is 10.9. The second-order valence-corrected chi connectivity index (χ2v) is 5.52. The number of rotatable bonds is 4. The van der Waals surface area contributed by atoms with Crippen LogP contribution in [-0.2, 0) is 9.53 Å². The van der Waals surface area contributed by atoms with E-state index in [1.807, 2.05) is 6.92 Å². The number of nitrogens with one attached hydrogen (secondary N) is 1. The van der Waals surface area contributed by atoms with Gasteiger partial charge in [0.15, 0.2) is 0 Å². The van der Waals surface area contributed by atoms with Gasteiger partial charge in [-0.2, -0.15) is 0 Å². The standard InChI is InChI=1S/C14H25NO2/c1-2-17-14(16)13-10-15-9-12(13)8-11-6-4-3-5-7-11/h11-13,15H,2-10H2,1H3. The summed E-state index contributed by atoms with van der Waals surface area (Å²) in [5.74, 6) is 1.48. The van der Waals surface area contributed by atoms with E-state index in [0.717, 1.165) is 19.0 Å². The van der Waals surface area contributed by atoms with Gasteiger partial charge in [-0.05, 0) is 31.7 Å². The summed E-state index contributed by atoms with van der Waals surface area (Å²) in [5.41, 5.74) is 0. The molecule has 2 unspecified atom stereocenters. The third-order valence-corrected chi connectivity index (χ3v) is 4.29. The molecule has 0 spiro atoms. The molecule has 1 saturated heterocycles. The molecule has 2 rings (SSSR count). The van der Waals surface area contributed by atoms with E-state index in [-0.39, 0.29) is 11.9 Å². The van der Waals surface area contributed by atoms with Crippen molar-refractivity contribution in [2.75, 3.05) is 19.7 Å². The summed E-state index contributed by atoms with van der Waals surface area (Å²) < 4.78 is 5.17. The number of hydrogen-bond acceptors (Lipinski definition) is 3. The lowest BCUT2D eigenvalue weighted by molar-refractivity contribution is -0.148. The maximum Gasteiger partial charge on any atom is 0.310 e. The Bertz CT molecular complexity index is 249. The molecule has 17 heavy (non-hydrogen) atoms. The summed E-state index contributed by atoms with van der Waals surface area (Å²) in [6.07, 6.45) is 8.12. The molecule has 0 radical (unpaired) electrons. The fourth-order valence-electron chi connectivity index (χ4n) is 3.36. The van der Waals surface area contributed by atoms with E-state index >= 15 is 0 Å². The SMILES string of the molecule is CCOC(=O)C1CNCC1CC1CCCCC1. The van der Waals surface area contributed by atoms with Crippen LogP contribution < -0.4 is 5.32 Å². The molecule has 1 aliphatic carbocycles. The van der Waals surface area contributed by atoms with Gasteiger partial charge in [0.25, 0.3) is 0 Å². The molecule has 2 fully saturated rings. The van der Waals surface area contributed by atoms with Gasteiger partial charge in [-0.25, -0.2) is 0 Å². The van der Waals surface area contributed by atoms with Crippen LogP contribution in [0.2, 0.25) is 0 Å². The number of ether oxygens (including phenoxy) is 1. The molecule has 0 aromatic heterocycles. The van der Waals surface area contributed by atoms with Crippen molar-refractivity contribution in [3.05, 3.63) is 0 Å². The molecular weight excluding hydrogens is 214 g/mol. The maximum atomic E-state index is 11.8. The third-order valence-electron chi connectivity index (χ3n) is 4.29. The molecule has 3 heteroatoms. The van der Waals surface area contributed by atoms with E-state index in [9.17, 15) is 4.79 Å². The van der Waals surface area contributed by atoms with Gasteiger partial charge in [-0.1, -0.05) is 32.1 Å². The summed E-state index contributed by atoms with van der Waals surface area (Å²) in [6, 6.07) is 0. The summed E-state index contributed by atoms with van der Waals surface area (Å²) in [6.45, 7) is 4.21. The molecule has 1 heterocycles. The number of esters is 1. The molecule has 0 aromatic carbocycles. The molecule has 0 aromatic rings. The van der Waals surface area contributed by atoms with Crippen molar-refractivity contribution in [3.8, 4) is 0 Å². The lowest BCUT2D eigenvalue weighted by Crippen LogP contribution is -2.27. The van der Waals surface area contributed by atoms with E-state index in [1.54, 1.807) is 0 Å². The van der Waals surface area contributed by atoms with E-state index in [2.05, 4.69) is 5.32 Å². The fourth-order valence-corrected chi connectivity index (χ4v) is 3.36. The molecule has 0 amide bonds.